The van der Waals surface area contributed by atoms with Gasteiger partial charge in [0.2, 0.25) is 0 Å². The van der Waals surface area contributed by atoms with Gasteiger partial charge in [0.15, 0.2) is 0 Å². The zero-order valence-corrected chi connectivity index (χ0v) is 19.3. The quantitative estimate of drug-likeness (QED) is 0.378. The van der Waals surface area contributed by atoms with Crippen molar-refractivity contribution in [1.29, 1.82) is 0 Å². The Balaban J connectivity index is 2.11. The number of urea groups is 1. The Bertz CT molecular complexity index is 805. The van der Waals surface area contributed by atoms with Crippen LogP contribution < -0.4 is 5.32 Å². The second-order valence-electron chi connectivity index (χ2n) is 7.65. The second-order valence-corrected chi connectivity index (χ2v) is 8.47. The summed E-state index contributed by atoms with van der Waals surface area (Å²) in [5.41, 5.74) is 1.70. The molecule has 1 fully saturated rings. The fraction of sp³-hybridized carbons (Fsp3) is 0.458. The lowest BCUT2D eigenvalue weighted by Gasteiger charge is -2.38. The number of nitrogens with one attached hydrogen (secondary N) is 1. The third kappa shape index (κ3) is 7.72. The van der Waals surface area contributed by atoms with E-state index in [1.54, 1.807) is 24.3 Å². The summed E-state index contributed by atoms with van der Waals surface area (Å²) in [6, 6.07) is 5.17. The molecule has 2 rings (SSSR count). The van der Waals surface area contributed by atoms with Gasteiger partial charge < -0.3 is 15.1 Å². The van der Waals surface area contributed by atoms with E-state index in [1.165, 1.54) is 12.8 Å². The van der Waals surface area contributed by atoms with Crippen LogP contribution in [0.2, 0.25) is 10.0 Å². The number of hydrogen-bond acceptors (Lipinski definition) is 2. The molecule has 0 aliphatic carbocycles. The molecular formula is C24H31Cl2N3O. The number of rotatable bonds is 8. The predicted octanol–water partition coefficient (Wildman–Crippen LogP) is 6.23. The molecule has 2 amide bonds. The Kier molecular flexibility index (Phi) is 10.3. The van der Waals surface area contributed by atoms with Crippen LogP contribution in [-0.2, 0) is 0 Å². The van der Waals surface area contributed by atoms with E-state index in [2.05, 4.69) is 23.1 Å². The molecular weight excluding hydrogens is 417 g/mol. The number of terminal acetylenes is 1. The van der Waals surface area contributed by atoms with Crippen LogP contribution >= 0.6 is 23.2 Å². The van der Waals surface area contributed by atoms with Crippen molar-refractivity contribution < 1.29 is 4.79 Å². The van der Waals surface area contributed by atoms with Gasteiger partial charge in [0.25, 0.3) is 0 Å². The fourth-order valence-electron chi connectivity index (χ4n) is 3.56. The molecule has 1 N–H and O–H groups in total. The Morgan fingerprint density at radius 2 is 2.07 bits per heavy atom. The maximum atomic E-state index is 13.2. The third-order valence-electron chi connectivity index (χ3n) is 5.25. The largest absolute Gasteiger partial charge is 0.322 e. The highest BCUT2D eigenvalue weighted by Crippen LogP contribution is 2.26. The van der Waals surface area contributed by atoms with Gasteiger partial charge in [0.1, 0.15) is 0 Å². The summed E-state index contributed by atoms with van der Waals surface area (Å²) in [5.74, 6) is 2.48. The molecule has 1 aromatic rings. The predicted molar refractivity (Wildman–Crippen MR) is 128 cm³/mol. The number of anilines is 1. The van der Waals surface area contributed by atoms with Crippen molar-refractivity contribution in [3.05, 3.63) is 52.0 Å². The second kappa shape index (κ2) is 12.7. The number of benzene rings is 1. The molecule has 1 heterocycles. The number of carbonyl (C=O) groups excluding carboxylic acids is 1. The van der Waals surface area contributed by atoms with Crippen LogP contribution in [0, 0.1) is 12.3 Å². The fourth-order valence-corrected chi connectivity index (χ4v) is 3.86. The number of unbranched alkanes of at least 4 members (excludes halogenated alkanes) is 1. The van der Waals surface area contributed by atoms with Gasteiger partial charge >= 0.3 is 6.03 Å². The molecule has 6 heteroatoms. The van der Waals surface area contributed by atoms with Crippen LogP contribution in [0.4, 0.5) is 10.5 Å². The lowest BCUT2D eigenvalue weighted by atomic mass is 10.0. The summed E-state index contributed by atoms with van der Waals surface area (Å²) < 4.78 is 0. The lowest BCUT2D eigenvalue weighted by molar-refractivity contribution is 0.131. The van der Waals surface area contributed by atoms with Crippen molar-refractivity contribution >= 4 is 34.9 Å². The first-order chi connectivity index (χ1) is 14.4. The Labute approximate surface area is 190 Å². The van der Waals surface area contributed by atoms with Gasteiger partial charge in [0, 0.05) is 31.4 Å². The minimum Gasteiger partial charge on any atom is -0.317 e. The zero-order chi connectivity index (χ0) is 21.9. The van der Waals surface area contributed by atoms with Gasteiger partial charge in [-0.2, -0.15) is 0 Å². The minimum atomic E-state index is -0.130. The molecule has 1 aliphatic heterocycles. The standard InChI is InChI=1S/C24H31Cl2N3O/c1-4-6-8-9-19(3)18-29(21-12-15-28(16-13-21)14-7-5-2)24(30)27-20-10-11-22(25)23(26)17-20/h1,6,8-11,17,21H,5,7,12-16,18H2,2-3H3,(H,27,30)/b8-6-,19-9+. The van der Waals surface area contributed by atoms with E-state index in [1.807, 2.05) is 24.0 Å². The first kappa shape index (κ1) is 24.3. The van der Waals surface area contributed by atoms with E-state index in [9.17, 15) is 4.79 Å². The SMILES string of the molecule is C#C/C=C\C=C(/C)CN(C(=O)Nc1ccc(Cl)c(Cl)c1)C1CCN(CCCC)CC1. The molecule has 30 heavy (non-hydrogen) atoms. The van der Waals surface area contributed by atoms with E-state index >= 15 is 0 Å². The smallest absolute Gasteiger partial charge is 0.317 e. The van der Waals surface area contributed by atoms with E-state index in [0.29, 0.717) is 22.3 Å². The highest BCUT2D eigenvalue weighted by Gasteiger charge is 2.28. The van der Waals surface area contributed by atoms with Crippen LogP contribution in [0.5, 0.6) is 0 Å². The molecule has 1 saturated heterocycles. The molecule has 0 bridgehead atoms. The normalized spacial score (nSPS) is 15.9. The van der Waals surface area contributed by atoms with Crippen molar-refractivity contribution in [2.45, 2.75) is 45.6 Å². The lowest BCUT2D eigenvalue weighted by Crippen LogP contribution is -2.49. The molecule has 162 valence electrons. The van der Waals surface area contributed by atoms with E-state index < -0.39 is 0 Å². The van der Waals surface area contributed by atoms with Crippen molar-refractivity contribution in [3.63, 3.8) is 0 Å². The van der Waals surface area contributed by atoms with Crippen LogP contribution in [-0.4, -0.2) is 48.1 Å². The number of nitrogens with zero attached hydrogens (tertiary/aromatic N) is 2. The number of halogens is 2. The number of allylic oxidation sites excluding steroid dienone is 3. The topological polar surface area (TPSA) is 35.6 Å². The van der Waals surface area contributed by atoms with Gasteiger partial charge in [-0.1, -0.05) is 60.2 Å². The first-order valence-electron chi connectivity index (χ1n) is 10.5. The highest BCUT2D eigenvalue weighted by molar-refractivity contribution is 6.42. The summed E-state index contributed by atoms with van der Waals surface area (Å²) >= 11 is 12.1. The minimum absolute atomic E-state index is 0.130. The van der Waals surface area contributed by atoms with Crippen molar-refractivity contribution in [2.75, 3.05) is 31.5 Å². The number of carbonyl (C=O) groups is 1. The summed E-state index contributed by atoms with van der Waals surface area (Å²) in [6.45, 7) is 7.93. The number of hydrogen-bond donors (Lipinski definition) is 1. The number of likely N-dealkylation sites (tertiary alicyclic amines) is 1. The maximum absolute atomic E-state index is 13.2. The van der Waals surface area contributed by atoms with Crippen LogP contribution in [0.3, 0.4) is 0 Å². The van der Waals surface area contributed by atoms with Crippen molar-refractivity contribution in [3.8, 4) is 12.3 Å². The molecule has 4 nitrogen and oxygen atoms in total. The summed E-state index contributed by atoms with van der Waals surface area (Å²) in [5, 5.41) is 3.86. The van der Waals surface area contributed by atoms with Gasteiger partial charge in [-0.15, -0.1) is 6.42 Å². The molecule has 1 aromatic carbocycles. The van der Waals surface area contributed by atoms with Gasteiger partial charge in [-0.25, -0.2) is 4.79 Å². The van der Waals surface area contributed by atoms with Crippen molar-refractivity contribution in [1.82, 2.24) is 9.80 Å². The summed E-state index contributed by atoms with van der Waals surface area (Å²) in [6.07, 6.45) is 15.1. The molecule has 0 saturated carbocycles. The molecule has 0 aromatic heterocycles. The van der Waals surface area contributed by atoms with Crippen LogP contribution in [0.25, 0.3) is 0 Å². The Hall–Kier alpha value is -1.93. The molecule has 0 atom stereocenters. The molecule has 0 spiro atoms. The average molecular weight is 448 g/mol. The van der Waals surface area contributed by atoms with Gasteiger partial charge in [-0.3, -0.25) is 0 Å². The monoisotopic (exact) mass is 447 g/mol. The number of piperidine rings is 1. The zero-order valence-electron chi connectivity index (χ0n) is 17.8. The highest BCUT2D eigenvalue weighted by atomic mass is 35.5. The maximum Gasteiger partial charge on any atom is 0.322 e. The third-order valence-corrected chi connectivity index (χ3v) is 5.99. The van der Waals surface area contributed by atoms with E-state index in [-0.39, 0.29) is 12.1 Å². The molecule has 1 aliphatic rings. The number of amides is 2. The molecule has 0 radical (unpaired) electrons. The van der Waals surface area contributed by atoms with E-state index in [0.717, 1.165) is 38.0 Å². The molecule has 0 unspecified atom stereocenters. The van der Waals surface area contributed by atoms with E-state index in [4.69, 9.17) is 29.6 Å². The van der Waals surface area contributed by atoms with Gasteiger partial charge in [0.05, 0.1) is 10.0 Å². The summed E-state index contributed by atoms with van der Waals surface area (Å²) in [7, 11) is 0. The first-order valence-corrected chi connectivity index (χ1v) is 11.2. The average Bonchev–Trinajstić information content (AvgIpc) is 2.74. The van der Waals surface area contributed by atoms with Crippen LogP contribution in [0.15, 0.2) is 42.0 Å². The van der Waals surface area contributed by atoms with Crippen molar-refractivity contribution in [2.24, 2.45) is 0 Å². The Morgan fingerprint density at radius 3 is 2.70 bits per heavy atom. The van der Waals surface area contributed by atoms with Crippen LogP contribution in [0.1, 0.15) is 39.5 Å². The summed E-state index contributed by atoms with van der Waals surface area (Å²) in [4.78, 5) is 17.6. The van der Waals surface area contributed by atoms with Gasteiger partial charge in [-0.05, 0) is 57.0 Å². The Morgan fingerprint density at radius 1 is 1.33 bits per heavy atom.